The molecule has 0 unspecified atom stereocenters. The van der Waals surface area contributed by atoms with E-state index in [-0.39, 0.29) is 22.7 Å². The van der Waals surface area contributed by atoms with Gasteiger partial charge in [-0.15, -0.1) is 0 Å². The van der Waals surface area contributed by atoms with Gasteiger partial charge in [-0.2, -0.15) is 0 Å². The zero-order chi connectivity index (χ0) is 17.6. The van der Waals surface area contributed by atoms with Gasteiger partial charge in [0.05, 0.1) is 11.7 Å². The lowest BCUT2D eigenvalue weighted by Crippen LogP contribution is -2.69. The highest BCUT2D eigenvalue weighted by Gasteiger charge is 2.64. The minimum absolute atomic E-state index is 0.0126. The molecule has 0 saturated heterocycles. The summed E-state index contributed by atoms with van der Waals surface area (Å²) in [4.78, 5) is 0. The molecular weight excluding hydrogens is 288 g/mol. The molecule has 2 aliphatic rings. The molecular formula is C20H34O3. The van der Waals surface area contributed by atoms with Crippen molar-refractivity contribution in [1.29, 1.82) is 0 Å². The lowest BCUT2D eigenvalue weighted by atomic mass is 9.43. The summed E-state index contributed by atoms with van der Waals surface area (Å²) in [6.07, 6.45) is 5.73. The maximum Gasteiger partial charge on any atom is 0.109 e. The van der Waals surface area contributed by atoms with Gasteiger partial charge in [0.2, 0.25) is 0 Å². The van der Waals surface area contributed by atoms with E-state index in [0.717, 1.165) is 24.8 Å². The van der Waals surface area contributed by atoms with E-state index < -0.39 is 17.8 Å². The normalized spacial score (nSPS) is 47.0. The fraction of sp³-hybridized carbons (Fsp3) is 0.800. The van der Waals surface area contributed by atoms with Gasteiger partial charge in [0.1, 0.15) is 6.10 Å². The van der Waals surface area contributed by atoms with Gasteiger partial charge >= 0.3 is 0 Å². The van der Waals surface area contributed by atoms with Gasteiger partial charge < -0.3 is 15.3 Å². The summed E-state index contributed by atoms with van der Waals surface area (Å²) in [5.74, 6) is -0.103. The smallest absolute Gasteiger partial charge is 0.109 e. The van der Waals surface area contributed by atoms with Crippen LogP contribution >= 0.6 is 0 Å². The Bertz CT molecular complexity index is 491. The SMILES string of the molecule is C=C/C(C)=C\C[C@@H]1[C@@](C)(O)[C@H](O)[C@@H](O)[C@H]2C(C)(C)CCC[C@@]12C. The van der Waals surface area contributed by atoms with Crippen LogP contribution in [0.5, 0.6) is 0 Å². The number of hydrogen-bond donors (Lipinski definition) is 3. The molecule has 0 radical (unpaired) electrons. The summed E-state index contributed by atoms with van der Waals surface area (Å²) in [6, 6.07) is 0. The third-order valence-electron chi connectivity index (χ3n) is 6.85. The van der Waals surface area contributed by atoms with Crippen molar-refractivity contribution in [3.63, 3.8) is 0 Å². The minimum atomic E-state index is -1.30. The highest BCUT2D eigenvalue weighted by Crippen LogP contribution is 2.62. The van der Waals surface area contributed by atoms with E-state index in [1.807, 2.05) is 13.0 Å². The zero-order valence-electron chi connectivity index (χ0n) is 15.3. The van der Waals surface area contributed by atoms with Crippen LogP contribution in [0.15, 0.2) is 24.3 Å². The molecule has 2 fully saturated rings. The first-order chi connectivity index (χ1) is 10.5. The van der Waals surface area contributed by atoms with E-state index in [0.29, 0.717) is 6.42 Å². The molecule has 3 heteroatoms. The van der Waals surface area contributed by atoms with E-state index in [2.05, 4.69) is 33.4 Å². The van der Waals surface area contributed by atoms with E-state index >= 15 is 0 Å². The van der Waals surface area contributed by atoms with Crippen LogP contribution in [0.4, 0.5) is 0 Å². The Hall–Kier alpha value is -0.640. The predicted molar refractivity (Wildman–Crippen MR) is 93.9 cm³/mol. The minimum Gasteiger partial charge on any atom is -0.390 e. The Morgan fingerprint density at radius 3 is 2.35 bits per heavy atom. The summed E-state index contributed by atoms with van der Waals surface area (Å²) in [5.41, 5.74) is -0.450. The van der Waals surface area contributed by atoms with Crippen LogP contribution in [0.25, 0.3) is 0 Å². The van der Waals surface area contributed by atoms with Gasteiger partial charge in [-0.3, -0.25) is 0 Å². The summed E-state index contributed by atoms with van der Waals surface area (Å²) < 4.78 is 0. The lowest BCUT2D eigenvalue weighted by Gasteiger charge is -2.64. The van der Waals surface area contributed by atoms with Gasteiger partial charge in [-0.1, -0.05) is 51.5 Å². The molecule has 0 heterocycles. The second-order valence-electron chi connectivity index (χ2n) is 8.93. The van der Waals surface area contributed by atoms with Gasteiger partial charge in [-0.25, -0.2) is 0 Å². The van der Waals surface area contributed by atoms with Crippen LogP contribution in [0.3, 0.4) is 0 Å². The molecule has 3 N–H and O–H groups in total. The number of allylic oxidation sites excluding steroid dienone is 3. The second-order valence-corrected chi connectivity index (χ2v) is 8.93. The monoisotopic (exact) mass is 322 g/mol. The number of rotatable bonds is 3. The molecule has 0 aromatic carbocycles. The molecule has 0 aromatic heterocycles. The highest BCUT2D eigenvalue weighted by molar-refractivity contribution is 5.18. The van der Waals surface area contributed by atoms with Gasteiger partial charge in [0, 0.05) is 0 Å². The van der Waals surface area contributed by atoms with Crippen molar-refractivity contribution in [2.75, 3.05) is 0 Å². The molecule has 2 rings (SSSR count). The highest BCUT2D eigenvalue weighted by atomic mass is 16.4. The van der Waals surface area contributed by atoms with Gasteiger partial charge in [0.15, 0.2) is 0 Å². The first kappa shape index (κ1) is 18.7. The van der Waals surface area contributed by atoms with Crippen LogP contribution in [-0.4, -0.2) is 33.1 Å². The Labute approximate surface area is 141 Å². The van der Waals surface area contributed by atoms with Crippen LogP contribution < -0.4 is 0 Å². The van der Waals surface area contributed by atoms with Crippen molar-refractivity contribution >= 4 is 0 Å². The van der Waals surface area contributed by atoms with E-state index in [1.54, 1.807) is 6.92 Å². The maximum absolute atomic E-state index is 11.1. The summed E-state index contributed by atoms with van der Waals surface area (Å²) >= 11 is 0. The van der Waals surface area contributed by atoms with Crippen molar-refractivity contribution < 1.29 is 15.3 Å². The number of aliphatic hydroxyl groups is 3. The fourth-order valence-corrected chi connectivity index (χ4v) is 5.67. The number of hydrogen-bond acceptors (Lipinski definition) is 3. The first-order valence-electron chi connectivity index (χ1n) is 8.86. The van der Waals surface area contributed by atoms with Crippen molar-refractivity contribution in [2.24, 2.45) is 22.7 Å². The average Bonchev–Trinajstić information content (AvgIpc) is 2.43. The molecule has 2 aliphatic carbocycles. The van der Waals surface area contributed by atoms with Gasteiger partial charge in [0.25, 0.3) is 0 Å². The fourth-order valence-electron chi connectivity index (χ4n) is 5.67. The number of fused-ring (bicyclic) bond motifs is 1. The molecule has 0 spiro atoms. The molecule has 0 aromatic rings. The summed E-state index contributed by atoms with van der Waals surface area (Å²) in [6.45, 7) is 14.0. The molecule has 0 aliphatic heterocycles. The standard InChI is InChI=1S/C20H34O3/c1-7-13(2)9-10-14-19(5)12-8-11-18(3,4)16(19)15(21)17(22)20(14,6)23/h7,9,14-17,21-23H,1,8,10-12H2,2-6H3/b13-9-/t14-,15-,16-,17+,19-,20+/m0/s1. The number of aliphatic hydroxyl groups excluding tert-OH is 2. The topological polar surface area (TPSA) is 60.7 Å². The molecule has 23 heavy (non-hydrogen) atoms. The predicted octanol–water partition coefficient (Wildman–Crippen LogP) is 3.44. The van der Waals surface area contributed by atoms with Crippen molar-refractivity contribution in [3.05, 3.63) is 24.3 Å². The zero-order valence-corrected chi connectivity index (χ0v) is 15.3. The Morgan fingerprint density at radius 1 is 1.17 bits per heavy atom. The van der Waals surface area contributed by atoms with Crippen molar-refractivity contribution in [3.8, 4) is 0 Å². The summed E-state index contributed by atoms with van der Waals surface area (Å²) in [5, 5.41) is 32.5. The molecule has 0 amide bonds. The van der Waals surface area contributed by atoms with Crippen LogP contribution in [-0.2, 0) is 0 Å². The quantitative estimate of drug-likeness (QED) is 0.698. The molecule has 0 bridgehead atoms. The van der Waals surface area contributed by atoms with Crippen LogP contribution in [0.1, 0.15) is 60.3 Å². The van der Waals surface area contributed by atoms with Crippen molar-refractivity contribution in [2.45, 2.75) is 78.1 Å². The van der Waals surface area contributed by atoms with Crippen LogP contribution in [0.2, 0.25) is 0 Å². The molecule has 3 nitrogen and oxygen atoms in total. The third-order valence-corrected chi connectivity index (χ3v) is 6.85. The molecule has 6 atom stereocenters. The molecule has 132 valence electrons. The summed E-state index contributed by atoms with van der Waals surface area (Å²) in [7, 11) is 0. The van der Waals surface area contributed by atoms with Crippen molar-refractivity contribution in [1.82, 2.24) is 0 Å². The van der Waals surface area contributed by atoms with E-state index in [4.69, 9.17) is 0 Å². The van der Waals surface area contributed by atoms with E-state index in [1.165, 1.54) is 0 Å². The Morgan fingerprint density at radius 2 is 1.78 bits per heavy atom. The van der Waals surface area contributed by atoms with Crippen LogP contribution in [0, 0.1) is 22.7 Å². The van der Waals surface area contributed by atoms with Gasteiger partial charge in [-0.05, 0) is 55.8 Å². The average molecular weight is 322 g/mol. The Balaban J connectivity index is 2.49. The third kappa shape index (κ3) is 2.92. The first-order valence-corrected chi connectivity index (χ1v) is 8.86. The largest absolute Gasteiger partial charge is 0.390 e. The van der Waals surface area contributed by atoms with E-state index in [9.17, 15) is 15.3 Å². The second kappa shape index (κ2) is 6.02. The Kier molecular flexibility index (Phi) is 4.89. The maximum atomic E-state index is 11.1. The lowest BCUT2D eigenvalue weighted by molar-refractivity contribution is -0.265. The molecule has 2 saturated carbocycles.